The molecule has 6 nitrogen and oxygen atoms in total. The van der Waals surface area contributed by atoms with Crippen LogP contribution in [0.1, 0.15) is 29.2 Å². The number of benzene rings is 3. The van der Waals surface area contributed by atoms with Gasteiger partial charge in [-0.25, -0.2) is 5.01 Å². The molecular formula is C26H21N3O3S. The van der Waals surface area contributed by atoms with E-state index in [4.69, 9.17) is 9.84 Å². The Bertz CT molecular complexity index is 1280. The Balaban J connectivity index is 1.56. The second-order valence-electron chi connectivity index (χ2n) is 7.62. The highest BCUT2D eigenvalue weighted by molar-refractivity contribution is 8.18. The lowest BCUT2D eigenvalue weighted by molar-refractivity contribution is 0.267. The van der Waals surface area contributed by atoms with Crippen LogP contribution < -0.4 is 4.74 Å². The number of hydrogen-bond acceptors (Lipinski definition) is 6. The molecule has 1 unspecified atom stereocenters. The van der Waals surface area contributed by atoms with Crippen molar-refractivity contribution in [3.05, 3.63) is 100 Å². The quantitative estimate of drug-likeness (QED) is 0.533. The number of nitrogens with zero attached hydrogens (tertiary/aromatic N) is 3. The number of methoxy groups -OCH3 is 1. The van der Waals surface area contributed by atoms with E-state index in [1.165, 1.54) is 0 Å². The Morgan fingerprint density at radius 3 is 2.48 bits per heavy atom. The van der Waals surface area contributed by atoms with Crippen LogP contribution in [-0.2, 0) is 0 Å². The van der Waals surface area contributed by atoms with Crippen LogP contribution in [0.15, 0.2) is 93.9 Å². The first-order valence-electron chi connectivity index (χ1n) is 10.5. The van der Waals surface area contributed by atoms with Gasteiger partial charge >= 0.3 is 5.24 Å². The number of para-hydroxylation sites is 1. The van der Waals surface area contributed by atoms with Crippen molar-refractivity contribution in [3.63, 3.8) is 0 Å². The van der Waals surface area contributed by atoms with Crippen molar-refractivity contribution in [1.82, 2.24) is 5.01 Å². The van der Waals surface area contributed by atoms with Crippen molar-refractivity contribution in [3.8, 4) is 11.5 Å². The summed E-state index contributed by atoms with van der Waals surface area (Å²) in [6.45, 7) is 0. The molecule has 1 N–H and O–H groups in total. The van der Waals surface area contributed by atoms with E-state index in [2.05, 4.69) is 4.99 Å². The maximum atomic E-state index is 12.4. The summed E-state index contributed by atoms with van der Waals surface area (Å²) < 4.78 is 5.23. The Kier molecular flexibility index (Phi) is 5.71. The van der Waals surface area contributed by atoms with E-state index >= 15 is 0 Å². The van der Waals surface area contributed by atoms with Crippen LogP contribution >= 0.6 is 11.8 Å². The number of hydrazone groups is 1. The number of carbonyl (C=O) groups excluding carboxylic acids is 1. The summed E-state index contributed by atoms with van der Waals surface area (Å²) in [6, 6.07) is 24.5. The molecular weight excluding hydrogens is 434 g/mol. The Morgan fingerprint density at radius 1 is 1.03 bits per heavy atom. The van der Waals surface area contributed by atoms with Gasteiger partial charge in [-0.05, 0) is 47.2 Å². The monoisotopic (exact) mass is 455 g/mol. The Morgan fingerprint density at radius 2 is 1.76 bits per heavy atom. The molecule has 3 aromatic rings. The van der Waals surface area contributed by atoms with Crippen LogP contribution in [0.4, 0.5) is 4.79 Å². The minimum absolute atomic E-state index is 0.190. The smallest absolute Gasteiger partial charge is 0.311 e. The molecule has 1 atom stereocenters. The summed E-state index contributed by atoms with van der Waals surface area (Å²) in [5.74, 6) is 1.44. The molecule has 33 heavy (non-hydrogen) atoms. The maximum Gasteiger partial charge on any atom is 0.311 e. The SMILES string of the molecule is COc1ccc(/C=C2\SC(=O)N=C2N2N=C(c3ccccc3)CC2c2ccccc2O)cc1. The van der Waals surface area contributed by atoms with Gasteiger partial charge in [0.05, 0.1) is 23.8 Å². The summed E-state index contributed by atoms with van der Waals surface area (Å²) in [5, 5.41) is 16.9. The number of amidine groups is 1. The van der Waals surface area contributed by atoms with Crippen LogP contribution in [0, 0.1) is 0 Å². The first-order chi connectivity index (χ1) is 16.1. The first kappa shape index (κ1) is 21.0. The van der Waals surface area contributed by atoms with Crippen molar-refractivity contribution >= 4 is 34.6 Å². The summed E-state index contributed by atoms with van der Waals surface area (Å²) in [6.07, 6.45) is 2.50. The topological polar surface area (TPSA) is 74.5 Å². The summed E-state index contributed by atoms with van der Waals surface area (Å²) in [7, 11) is 1.62. The molecule has 0 spiro atoms. The van der Waals surface area contributed by atoms with Crippen molar-refractivity contribution in [2.24, 2.45) is 10.1 Å². The predicted octanol–water partition coefficient (Wildman–Crippen LogP) is 5.86. The number of carbonyl (C=O) groups is 1. The van der Waals surface area contributed by atoms with Gasteiger partial charge in [0.25, 0.3) is 0 Å². The van der Waals surface area contributed by atoms with E-state index in [0.29, 0.717) is 17.2 Å². The molecule has 5 rings (SSSR count). The number of rotatable bonds is 4. The molecule has 0 aromatic heterocycles. The van der Waals surface area contributed by atoms with E-state index in [1.54, 1.807) is 24.3 Å². The molecule has 164 valence electrons. The normalized spacial score (nSPS) is 19.1. The Labute approximate surface area is 195 Å². The van der Waals surface area contributed by atoms with Crippen LogP contribution in [-0.4, -0.2) is 34.0 Å². The second-order valence-corrected chi connectivity index (χ2v) is 8.61. The first-order valence-corrected chi connectivity index (χ1v) is 11.3. The number of hydrogen-bond donors (Lipinski definition) is 1. The lowest BCUT2D eigenvalue weighted by atomic mass is 9.97. The molecule has 2 aliphatic rings. The average molecular weight is 456 g/mol. The number of aromatic hydroxyl groups is 1. The van der Waals surface area contributed by atoms with Gasteiger partial charge in [-0.3, -0.25) is 4.79 Å². The van der Waals surface area contributed by atoms with Crippen LogP contribution in [0.3, 0.4) is 0 Å². The standard InChI is InChI=1S/C26H21N3O3S/c1-32-19-13-11-17(12-14-19)15-24-25(27-26(31)33-24)29-22(20-9-5-6-10-23(20)30)16-21(28-29)18-7-3-2-4-8-18/h2-15,22,30H,16H2,1H3/b24-15-. The average Bonchev–Trinajstić information content (AvgIpc) is 3.44. The van der Waals surface area contributed by atoms with Crippen molar-refractivity contribution < 1.29 is 14.6 Å². The van der Waals surface area contributed by atoms with Gasteiger partial charge in [0.15, 0.2) is 5.84 Å². The lowest BCUT2D eigenvalue weighted by Gasteiger charge is -2.24. The van der Waals surface area contributed by atoms with Gasteiger partial charge in [0, 0.05) is 12.0 Å². The lowest BCUT2D eigenvalue weighted by Crippen LogP contribution is -2.26. The maximum absolute atomic E-state index is 12.4. The van der Waals surface area contributed by atoms with Gasteiger partial charge in [0.1, 0.15) is 11.5 Å². The molecule has 7 heteroatoms. The van der Waals surface area contributed by atoms with Gasteiger partial charge in [-0.1, -0.05) is 60.7 Å². The summed E-state index contributed by atoms with van der Waals surface area (Å²) >= 11 is 1.08. The van der Waals surface area contributed by atoms with Crippen LogP contribution in [0.25, 0.3) is 6.08 Å². The number of aliphatic imine (C=N–C) groups is 1. The van der Waals surface area contributed by atoms with E-state index in [9.17, 15) is 9.90 Å². The zero-order valence-corrected chi connectivity index (χ0v) is 18.7. The predicted molar refractivity (Wildman–Crippen MR) is 132 cm³/mol. The van der Waals surface area contributed by atoms with Gasteiger partial charge < -0.3 is 9.84 Å². The third kappa shape index (κ3) is 4.27. The molecule has 1 amide bonds. The third-order valence-corrected chi connectivity index (χ3v) is 6.34. The molecule has 0 saturated carbocycles. The van der Waals surface area contributed by atoms with E-state index in [0.717, 1.165) is 39.9 Å². The zero-order chi connectivity index (χ0) is 22.8. The Hall–Kier alpha value is -3.84. The molecule has 2 aliphatic heterocycles. The summed E-state index contributed by atoms with van der Waals surface area (Å²) in [5.41, 5.74) is 3.53. The minimum atomic E-state index is -0.288. The van der Waals surface area contributed by atoms with Gasteiger partial charge in [-0.15, -0.1) is 0 Å². The van der Waals surface area contributed by atoms with Gasteiger partial charge in [-0.2, -0.15) is 10.1 Å². The molecule has 0 fully saturated rings. The highest BCUT2D eigenvalue weighted by Crippen LogP contribution is 2.41. The van der Waals surface area contributed by atoms with E-state index < -0.39 is 0 Å². The zero-order valence-electron chi connectivity index (χ0n) is 17.9. The number of ether oxygens (including phenoxy) is 1. The fraction of sp³-hybridized carbons (Fsp3) is 0.115. The van der Waals surface area contributed by atoms with E-state index in [1.807, 2.05) is 72.8 Å². The number of thioether (sulfide) groups is 1. The largest absolute Gasteiger partial charge is 0.508 e. The number of phenolic OH excluding ortho intramolecular Hbond substituents is 1. The highest BCUT2D eigenvalue weighted by atomic mass is 32.2. The van der Waals surface area contributed by atoms with E-state index in [-0.39, 0.29) is 17.0 Å². The number of amides is 1. The minimum Gasteiger partial charge on any atom is -0.508 e. The molecule has 3 aromatic carbocycles. The summed E-state index contributed by atoms with van der Waals surface area (Å²) in [4.78, 5) is 17.4. The fourth-order valence-electron chi connectivity index (χ4n) is 3.94. The van der Waals surface area contributed by atoms with Crippen molar-refractivity contribution in [1.29, 1.82) is 0 Å². The molecule has 0 bridgehead atoms. The van der Waals surface area contributed by atoms with Crippen molar-refractivity contribution in [2.75, 3.05) is 7.11 Å². The number of phenols is 1. The second kappa shape index (κ2) is 8.96. The molecule has 0 aliphatic carbocycles. The molecule has 0 radical (unpaired) electrons. The molecule has 0 saturated heterocycles. The van der Waals surface area contributed by atoms with Gasteiger partial charge in [0.2, 0.25) is 0 Å². The fourth-order valence-corrected chi connectivity index (χ4v) is 4.68. The highest BCUT2D eigenvalue weighted by Gasteiger charge is 2.37. The van der Waals surface area contributed by atoms with Crippen LogP contribution in [0.5, 0.6) is 11.5 Å². The van der Waals surface area contributed by atoms with Crippen molar-refractivity contribution in [2.45, 2.75) is 12.5 Å². The van der Waals surface area contributed by atoms with Crippen LogP contribution in [0.2, 0.25) is 0 Å². The third-order valence-electron chi connectivity index (χ3n) is 5.56. The molecule has 2 heterocycles.